The Morgan fingerprint density at radius 3 is 2.39 bits per heavy atom. The molecule has 31 heavy (non-hydrogen) atoms. The molecule has 2 aromatic carbocycles. The number of amides is 2. The van der Waals surface area contributed by atoms with Gasteiger partial charge in [0, 0.05) is 34.6 Å². The first-order chi connectivity index (χ1) is 14.9. The molecular formula is C24H29Cl3N2O2. The van der Waals surface area contributed by atoms with E-state index in [-0.39, 0.29) is 24.8 Å². The third-order valence-corrected chi connectivity index (χ3v) is 6.09. The molecule has 168 valence electrons. The molecule has 0 aliphatic rings. The fourth-order valence-electron chi connectivity index (χ4n) is 3.35. The molecule has 0 heterocycles. The van der Waals surface area contributed by atoms with E-state index in [1.54, 1.807) is 23.1 Å². The van der Waals surface area contributed by atoms with Gasteiger partial charge in [-0.25, -0.2) is 0 Å². The van der Waals surface area contributed by atoms with E-state index >= 15 is 0 Å². The van der Waals surface area contributed by atoms with Crippen molar-refractivity contribution in [1.82, 2.24) is 10.2 Å². The number of rotatable bonds is 11. The minimum Gasteiger partial charge on any atom is -0.354 e. The van der Waals surface area contributed by atoms with Crippen LogP contribution in [0.25, 0.3) is 0 Å². The van der Waals surface area contributed by atoms with Gasteiger partial charge in [0.1, 0.15) is 6.04 Å². The Labute approximate surface area is 199 Å². The van der Waals surface area contributed by atoms with E-state index < -0.39 is 6.04 Å². The highest BCUT2D eigenvalue weighted by Gasteiger charge is 2.28. The molecule has 0 radical (unpaired) electrons. The van der Waals surface area contributed by atoms with Crippen molar-refractivity contribution in [2.75, 3.05) is 6.54 Å². The Balaban J connectivity index is 2.23. The van der Waals surface area contributed by atoms with Gasteiger partial charge in [-0.05, 0) is 48.6 Å². The van der Waals surface area contributed by atoms with E-state index in [4.69, 9.17) is 34.8 Å². The minimum atomic E-state index is -0.581. The molecular weight excluding hydrogens is 455 g/mol. The lowest BCUT2D eigenvalue weighted by molar-refractivity contribution is -0.141. The van der Waals surface area contributed by atoms with E-state index in [1.807, 2.05) is 31.2 Å². The highest BCUT2D eigenvalue weighted by atomic mass is 35.5. The second-order valence-corrected chi connectivity index (χ2v) is 8.67. The first-order valence-electron chi connectivity index (χ1n) is 10.6. The molecule has 2 amide bonds. The average molecular weight is 484 g/mol. The summed E-state index contributed by atoms with van der Waals surface area (Å²) in [5, 5.41) is 4.58. The molecule has 0 saturated heterocycles. The van der Waals surface area contributed by atoms with Gasteiger partial charge in [0.2, 0.25) is 11.8 Å². The monoisotopic (exact) mass is 482 g/mol. The summed E-state index contributed by atoms with van der Waals surface area (Å²) in [6.07, 6.45) is 3.12. The van der Waals surface area contributed by atoms with E-state index in [2.05, 4.69) is 12.2 Å². The fraction of sp³-hybridized carbons (Fsp3) is 0.417. The Kier molecular flexibility index (Phi) is 10.7. The third kappa shape index (κ3) is 7.71. The van der Waals surface area contributed by atoms with E-state index in [1.165, 1.54) is 0 Å². The van der Waals surface area contributed by atoms with Crippen molar-refractivity contribution in [3.8, 4) is 0 Å². The van der Waals surface area contributed by atoms with Gasteiger partial charge < -0.3 is 10.2 Å². The maximum absolute atomic E-state index is 13.3. The Bertz CT molecular complexity index is 889. The van der Waals surface area contributed by atoms with Gasteiger partial charge >= 0.3 is 0 Å². The molecule has 0 unspecified atom stereocenters. The van der Waals surface area contributed by atoms with Crippen molar-refractivity contribution >= 4 is 46.6 Å². The van der Waals surface area contributed by atoms with Crippen LogP contribution < -0.4 is 5.32 Å². The van der Waals surface area contributed by atoms with Crippen LogP contribution in [-0.2, 0) is 22.6 Å². The zero-order chi connectivity index (χ0) is 22.8. The molecule has 2 rings (SSSR count). The molecule has 1 atom stereocenters. The van der Waals surface area contributed by atoms with Crippen molar-refractivity contribution in [3.63, 3.8) is 0 Å². The van der Waals surface area contributed by atoms with Crippen molar-refractivity contribution in [3.05, 3.63) is 68.7 Å². The number of hydrogen-bond acceptors (Lipinski definition) is 2. The van der Waals surface area contributed by atoms with Gasteiger partial charge in [-0.1, -0.05) is 79.3 Å². The molecule has 7 heteroatoms. The normalized spacial score (nSPS) is 11.8. The lowest BCUT2D eigenvalue weighted by atomic mass is 10.1. The Hall–Kier alpha value is -1.75. The first-order valence-corrected chi connectivity index (χ1v) is 11.7. The first kappa shape index (κ1) is 25.5. The topological polar surface area (TPSA) is 49.4 Å². The second-order valence-electron chi connectivity index (χ2n) is 7.42. The van der Waals surface area contributed by atoms with Crippen LogP contribution in [0.2, 0.25) is 15.1 Å². The van der Waals surface area contributed by atoms with Crippen molar-refractivity contribution in [2.45, 2.75) is 58.5 Å². The minimum absolute atomic E-state index is 0.122. The van der Waals surface area contributed by atoms with Crippen molar-refractivity contribution in [1.29, 1.82) is 0 Å². The van der Waals surface area contributed by atoms with Crippen LogP contribution in [0.5, 0.6) is 0 Å². The summed E-state index contributed by atoms with van der Waals surface area (Å²) in [6, 6.07) is 12.1. The summed E-state index contributed by atoms with van der Waals surface area (Å²) in [7, 11) is 0. The van der Waals surface area contributed by atoms with Gasteiger partial charge in [0.05, 0.1) is 0 Å². The summed E-state index contributed by atoms with van der Waals surface area (Å²) in [5.74, 6) is -0.268. The van der Waals surface area contributed by atoms with Crippen LogP contribution >= 0.6 is 34.8 Å². The number of carbonyl (C=O) groups is 2. The summed E-state index contributed by atoms with van der Waals surface area (Å²) >= 11 is 18.6. The molecule has 0 aromatic heterocycles. The SMILES string of the molecule is CCCCNC(=O)[C@H](CC)N(Cc1ccc(Cl)cc1Cl)C(=O)CCc1ccccc1Cl. The molecule has 0 aliphatic carbocycles. The van der Waals surface area contributed by atoms with Crippen molar-refractivity contribution < 1.29 is 9.59 Å². The van der Waals surface area contributed by atoms with Gasteiger partial charge in [-0.15, -0.1) is 0 Å². The van der Waals surface area contributed by atoms with E-state index in [0.29, 0.717) is 34.5 Å². The number of aryl methyl sites for hydroxylation is 1. The molecule has 1 N–H and O–H groups in total. The molecule has 0 aliphatic heterocycles. The number of carbonyl (C=O) groups excluding carboxylic acids is 2. The largest absolute Gasteiger partial charge is 0.354 e. The summed E-state index contributed by atoms with van der Waals surface area (Å²) in [6.45, 7) is 4.80. The van der Waals surface area contributed by atoms with Gasteiger partial charge in [-0.3, -0.25) is 9.59 Å². The van der Waals surface area contributed by atoms with Crippen LogP contribution in [0, 0.1) is 0 Å². The molecule has 0 bridgehead atoms. The fourth-order valence-corrected chi connectivity index (χ4v) is 4.04. The van der Waals surface area contributed by atoms with Gasteiger partial charge in [-0.2, -0.15) is 0 Å². The molecule has 0 saturated carbocycles. The maximum Gasteiger partial charge on any atom is 0.242 e. The molecule has 0 spiro atoms. The van der Waals surface area contributed by atoms with E-state index in [9.17, 15) is 9.59 Å². The van der Waals surface area contributed by atoms with E-state index in [0.717, 1.165) is 24.0 Å². The average Bonchev–Trinajstić information content (AvgIpc) is 2.74. The summed E-state index contributed by atoms with van der Waals surface area (Å²) in [4.78, 5) is 27.8. The predicted molar refractivity (Wildman–Crippen MR) is 129 cm³/mol. The highest BCUT2D eigenvalue weighted by Crippen LogP contribution is 2.25. The molecule has 0 fully saturated rings. The molecule has 2 aromatic rings. The molecule has 4 nitrogen and oxygen atoms in total. The Morgan fingerprint density at radius 2 is 1.74 bits per heavy atom. The van der Waals surface area contributed by atoms with Gasteiger partial charge in [0.25, 0.3) is 0 Å². The number of unbranched alkanes of at least 4 members (excludes halogenated alkanes) is 1. The zero-order valence-corrected chi connectivity index (χ0v) is 20.2. The second kappa shape index (κ2) is 12.9. The quantitative estimate of drug-likeness (QED) is 0.381. The number of nitrogens with one attached hydrogen (secondary N) is 1. The third-order valence-electron chi connectivity index (χ3n) is 5.14. The van der Waals surface area contributed by atoms with Crippen LogP contribution in [0.15, 0.2) is 42.5 Å². The maximum atomic E-state index is 13.3. The number of halogens is 3. The smallest absolute Gasteiger partial charge is 0.242 e. The van der Waals surface area contributed by atoms with Crippen molar-refractivity contribution in [2.24, 2.45) is 0 Å². The lowest BCUT2D eigenvalue weighted by Crippen LogP contribution is -2.49. The van der Waals surface area contributed by atoms with Gasteiger partial charge in [0.15, 0.2) is 0 Å². The number of nitrogens with zero attached hydrogens (tertiary/aromatic N) is 1. The predicted octanol–water partition coefficient (Wildman–Crippen LogP) is 6.30. The Morgan fingerprint density at radius 1 is 1.00 bits per heavy atom. The summed E-state index contributed by atoms with van der Waals surface area (Å²) < 4.78 is 0. The summed E-state index contributed by atoms with van der Waals surface area (Å²) in [5.41, 5.74) is 1.65. The standard InChI is InChI=1S/C24H29Cl3N2O2/c1-3-5-14-28-24(31)22(4-2)29(16-18-10-12-19(25)15-21(18)27)23(30)13-11-17-8-6-7-9-20(17)26/h6-10,12,15,22H,3-5,11,13-14,16H2,1-2H3,(H,28,31)/t22-/m0/s1. The lowest BCUT2D eigenvalue weighted by Gasteiger charge is -2.31. The highest BCUT2D eigenvalue weighted by molar-refractivity contribution is 6.35. The van der Waals surface area contributed by atoms with Crippen LogP contribution in [0.1, 0.15) is 50.7 Å². The number of benzene rings is 2. The van der Waals surface area contributed by atoms with Crippen LogP contribution in [0.4, 0.5) is 0 Å². The number of hydrogen-bond donors (Lipinski definition) is 1. The zero-order valence-electron chi connectivity index (χ0n) is 18.0. The van der Waals surface area contributed by atoms with Crippen LogP contribution in [0.3, 0.4) is 0 Å². The van der Waals surface area contributed by atoms with Crippen LogP contribution in [-0.4, -0.2) is 29.3 Å².